The summed E-state index contributed by atoms with van der Waals surface area (Å²) in [4.78, 5) is 12.7. The predicted molar refractivity (Wildman–Crippen MR) is 158 cm³/mol. The van der Waals surface area contributed by atoms with Crippen molar-refractivity contribution >= 4 is 45.7 Å². The van der Waals surface area contributed by atoms with Gasteiger partial charge in [-0.25, -0.2) is 5.43 Å². The Morgan fingerprint density at radius 2 is 1.59 bits per heavy atom. The van der Waals surface area contributed by atoms with Crippen molar-refractivity contribution in [1.82, 2.24) is 24.8 Å². The second kappa shape index (κ2) is 11.0. The van der Waals surface area contributed by atoms with Gasteiger partial charge in [0.2, 0.25) is 0 Å². The maximum Gasteiger partial charge on any atom is 0.250 e. The number of carbonyl (C=O) groups is 1. The molecule has 0 saturated carbocycles. The highest BCUT2D eigenvalue weighted by molar-refractivity contribution is 7.99. The molecule has 7 nitrogen and oxygen atoms in total. The van der Waals surface area contributed by atoms with E-state index in [0.717, 1.165) is 29.2 Å². The first kappa shape index (κ1) is 24.6. The van der Waals surface area contributed by atoms with E-state index in [1.54, 1.807) is 6.21 Å². The number of nitrogens with one attached hydrogen (secondary N) is 1. The lowest BCUT2D eigenvalue weighted by Crippen LogP contribution is -2.20. The van der Waals surface area contributed by atoms with Gasteiger partial charge >= 0.3 is 0 Å². The molecule has 0 bridgehead atoms. The highest BCUT2D eigenvalue weighted by Crippen LogP contribution is 2.30. The van der Waals surface area contributed by atoms with Crippen LogP contribution in [0.25, 0.3) is 38.9 Å². The number of thioether (sulfide) groups is 1. The van der Waals surface area contributed by atoms with Crippen molar-refractivity contribution in [1.29, 1.82) is 0 Å². The average Bonchev–Trinajstić information content (AvgIpc) is 3.56. The van der Waals surface area contributed by atoms with Crippen LogP contribution >= 0.6 is 11.8 Å². The van der Waals surface area contributed by atoms with Crippen molar-refractivity contribution in [3.05, 3.63) is 109 Å². The largest absolute Gasteiger partial charge is 0.341 e. The van der Waals surface area contributed by atoms with Crippen LogP contribution in [0.5, 0.6) is 0 Å². The van der Waals surface area contributed by atoms with Crippen molar-refractivity contribution in [2.75, 3.05) is 5.75 Å². The molecule has 4 aromatic carbocycles. The van der Waals surface area contributed by atoms with Gasteiger partial charge in [0.15, 0.2) is 11.0 Å². The lowest BCUT2D eigenvalue weighted by Gasteiger charge is -2.10. The van der Waals surface area contributed by atoms with Crippen LogP contribution in [0.15, 0.2) is 113 Å². The number of hydrogen-bond acceptors (Lipinski definition) is 5. The molecule has 39 heavy (non-hydrogen) atoms. The van der Waals surface area contributed by atoms with Gasteiger partial charge in [-0.05, 0) is 42.8 Å². The predicted octanol–water partition coefficient (Wildman–Crippen LogP) is 6.30. The van der Waals surface area contributed by atoms with Crippen LogP contribution in [0.3, 0.4) is 0 Å². The molecule has 6 rings (SSSR count). The number of rotatable bonds is 8. The van der Waals surface area contributed by atoms with Gasteiger partial charge in [-0.15, -0.1) is 10.2 Å². The quantitative estimate of drug-likeness (QED) is 0.142. The van der Waals surface area contributed by atoms with Gasteiger partial charge in [0, 0.05) is 39.6 Å². The Balaban J connectivity index is 1.17. The summed E-state index contributed by atoms with van der Waals surface area (Å²) in [5, 5.41) is 16.0. The summed E-state index contributed by atoms with van der Waals surface area (Å²) in [5.74, 6) is 0.659. The number of amides is 1. The second-order valence-electron chi connectivity index (χ2n) is 8.96. The molecule has 0 aliphatic rings. The van der Waals surface area contributed by atoms with E-state index in [9.17, 15) is 4.79 Å². The fraction of sp³-hybridized carbons (Fsp3) is 0.0968. The van der Waals surface area contributed by atoms with Gasteiger partial charge in [-0.3, -0.25) is 9.36 Å². The molecular formula is C31H26N6OS. The summed E-state index contributed by atoms with van der Waals surface area (Å²) in [6, 6.07) is 34.4. The molecule has 6 aromatic rings. The van der Waals surface area contributed by atoms with Crippen LogP contribution in [0.1, 0.15) is 12.5 Å². The number of hydrazone groups is 1. The Kier molecular flexibility index (Phi) is 6.93. The monoisotopic (exact) mass is 530 g/mol. The zero-order valence-corrected chi connectivity index (χ0v) is 22.2. The second-order valence-corrected chi connectivity index (χ2v) is 9.91. The van der Waals surface area contributed by atoms with Gasteiger partial charge in [0.25, 0.3) is 5.91 Å². The fourth-order valence-electron chi connectivity index (χ4n) is 4.78. The molecule has 192 valence electrons. The molecule has 0 radical (unpaired) electrons. The minimum atomic E-state index is -0.219. The number of hydrogen-bond donors (Lipinski definition) is 1. The molecule has 1 N–H and O–H groups in total. The number of nitrogens with zero attached hydrogens (tertiary/aromatic N) is 5. The number of fused-ring (bicyclic) bond motifs is 3. The Bertz CT molecular complexity index is 1790. The third-order valence-corrected chi connectivity index (χ3v) is 7.46. The molecule has 2 aromatic heterocycles. The highest BCUT2D eigenvalue weighted by Gasteiger charge is 2.17. The van der Waals surface area contributed by atoms with E-state index in [1.165, 1.54) is 33.6 Å². The third kappa shape index (κ3) is 4.94. The first-order valence-electron chi connectivity index (χ1n) is 12.7. The normalized spacial score (nSPS) is 11.5. The van der Waals surface area contributed by atoms with Crippen LogP contribution in [0.4, 0.5) is 0 Å². The molecule has 0 unspecified atom stereocenters. The molecule has 0 fully saturated rings. The van der Waals surface area contributed by atoms with Crippen molar-refractivity contribution < 1.29 is 4.79 Å². The molecular weight excluding hydrogens is 504 g/mol. The highest BCUT2D eigenvalue weighted by atomic mass is 32.2. The molecule has 0 atom stereocenters. The maximum atomic E-state index is 12.7. The summed E-state index contributed by atoms with van der Waals surface area (Å²) < 4.78 is 4.28. The van der Waals surface area contributed by atoms with E-state index in [2.05, 4.69) is 68.6 Å². The summed E-state index contributed by atoms with van der Waals surface area (Å²) in [6.07, 6.45) is 1.68. The van der Waals surface area contributed by atoms with E-state index in [1.807, 2.05) is 71.3 Å². The first-order chi connectivity index (χ1) is 19.2. The summed E-state index contributed by atoms with van der Waals surface area (Å²) >= 11 is 1.32. The van der Waals surface area contributed by atoms with E-state index in [-0.39, 0.29) is 11.7 Å². The number of aryl methyl sites for hydroxylation is 1. The molecule has 1 amide bonds. The minimum absolute atomic E-state index is 0.153. The van der Waals surface area contributed by atoms with Gasteiger partial charge in [0.1, 0.15) is 0 Å². The van der Waals surface area contributed by atoms with Crippen LogP contribution in [0.2, 0.25) is 0 Å². The zero-order valence-electron chi connectivity index (χ0n) is 21.4. The van der Waals surface area contributed by atoms with Crippen molar-refractivity contribution in [2.24, 2.45) is 5.10 Å². The van der Waals surface area contributed by atoms with Crippen LogP contribution < -0.4 is 5.43 Å². The van der Waals surface area contributed by atoms with Crippen LogP contribution in [-0.2, 0) is 11.3 Å². The molecule has 0 spiro atoms. The van der Waals surface area contributed by atoms with E-state index >= 15 is 0 Å². The molecule has 0 aliphatic heterocycles. The lowest BCUT2D eigenvalue weighted by atomic mass is 10.1. The van der Waals surface area contributed by atoms with Crippen molar-refractivity contribution in [3.8, 4) is 17.1 Å². The maximum absolute atomic E-state index is 12.7. The zero-order chi connectivity index (χ0) is 26.6. The standard InChI is InChI=1S/C31H26N6OS/c1-2-36-27-16-10-9-15-25(27)26-19-22(17-18-28(26)36)20-32-33-29(38)21-39-31-35-34-30(23-11-5-3-6-12-23)37(31)24-13-7-4-8-14-24/h3-20H,2,21H2,1H3,(H,33,38)/b32-20-. The Labute approximate surface area is 230 Å². The topological polar surface area (TPSA) is 77.1 Å². The molecule has 0 saturated heterocycles. The van der Waals surface area contributed by atoms with E-state index in [4.69, 9.17) is 0 Å². The molecule has 0 aliphatic carbocycles. The molecule has 2 heterocycles. The van der Waals surface area contributed by atoms with Crippen molar-refractivity contribution in [3.63, 3.8) is 0 Å². The summed E-state index contributed by atoms with van der Waals surface area (Å²) in [6.45, 7) is 3.05. The Hall–Kier alpha value is -4.69. The first-order valence-corrected chi connectivity index (χ1v) is 13.7. The van der Waals surface area contributed by atoms with Crippen LogP contribution in [-0.4, -0.2) is 37.2 Å². The average molecular weight is 531 g/mol. The van der Waals surface area contributed by atoms with E-state index in [0.29, 0.717) is 5.16 Å². The summed E-state index contributed by atoms with van der Waals surface area (Å²) in [7, 11) is 0. The smallest absolute Gasteiger partial charge is 0.250 e. The van der Waals surface area contributed by atoms with Crippen LogP contribution in [0, 0.1) is 0 Å². The van der Waals surface area contributed by atoms with Gasteiger partial charge in [-0.1, -0.05) is 84.6 Å². The minimum Gasteiger partial charge on any atom is -0.341 e. The molecule has 8 heteroatoms. The van der Waals surface area contributed by atoms with Crippen molar-refractivity contribution in [2.45, 2.75) is 18.6 Å². The summed E-state index contributed by atoms with van der Waals surface area (Å²) in [5.41, 5.74) is 7.86. The van der Waals surface area contributed by atoms with Gasteiger partial charge in [0.05, 0.1) is 12.0 Å². The van der Waals surface area contributed by atoms with Gasteiger partial charge in [-0.2, -0.15) is 5.10 Å². The third-order valence-electron chi connectivity index (χ3n) is 6.53. The van der Waals surface area contributed by atoms with Gasteiger partial charge < -0.3 is 4.57 Å². The fourth-order valence-corrected chi connectivity index (χ4v) is 5.53. The SMILES string of the molecule is CCn1c2ccccc2c2cc(/C=N\NC(=O)CSc3nnc(-c4ccccc4)n3-c3ccccc3)ccc21. The van der Waals surface area contributed by atoms with E-state index < -0.39 is 0 Å². The Morgan fingerprint density at radius 3 is 2.38 bits per heavy atom. The number of carbonyl (C=O) groups excluding carboxylic acids is 1. The number of benzene rings is 4. The lowest BCUT2D eigenvalue weighted by molar-refractivity contribution is -0.118. The Morgan fingerprint density at radius 1 is 0.872 bits per heavy atom. The number of para-hydroxylation sites is 2. The number of aromatic nitrogens is 4.